The van der Waals surface area contributed by atoms with Gasteiger partial charge in [-0.3, -0.25) is 9.69 Å². The normalized spacial score (nSPS) is 19.7. The Morgan fingerprint density at radius 3 is 2.69 bits per heavy atom. The van der Waals surface area contributed by atoms with Crippen LogP contribution in [0.5, 0.6) is 0 Å². The Morgan fingerprint density at radius 2 is 1.92 bits per heavy atom. The molecule has 0 bridgehead atoms. The summed E-state index contributed by atoms with van der Waals surface area (Å²) in [5.41, 5.74) is 2.92. The molecular weight excluding hydrogens is 507 g/mol. The van der Waals surface area contributed by atoms with Crippen LogP contribution in [0.4, 0.5) is 30.4 Å². The molecule has 206 valence electrons. The highest BCUT2D eigenvalue weighted by atomic mass is 19.4. The lowest BCUT2D eigenvalue weighted by Gasteiger charge is -2.27. The number of hydrogen-bond donors (Lipinski definition) is 3. The number of carbonyl (C=O) groups excluding carboxylic acids is 1. The summed E-state index contributed by atoms with van der Waals surface area (Å²) < 4.78 is 40.8. The van der Waals surface area contributed by atoms with Gasteiger partial charge < -0.3 is 15.7 Å². The molecule has 1 amide bonds. The van der Waals surface area contributed by atoms with Crippen LogP contribution in [0.15, 0.2) is 48.8 Å². The first-order chi connectivity index (χ1) is 18.6. The molecule has 0 saturated carbocycles. The zero-order valence-electron chi connectivity index (χ0n) is 21.9. The van der Waals surface area contributed by atoms with Gasteiger partial charge in [0.15, 0.2) is 0 Å². The van der Waals surface area contributed by atoms with Gasteiger partial charge in [-0.1, -0.05) is 18.2 Å². The molecule has 0 radical (unpaired) electrons. The molecule has 3 aromatic rings. The number of likely N-dealkylation sites (tertiary alicyclic amines) is 1. The number of halogens is 3. The summed E-state index contributed by atoms with van der Waals surface area (Å²) in [6.07, 6.45) is -0.112. The Labute approximate surface area is 225 Å². The molecule has 7 nitrogen and oxygen atoms in total. The molecule has 0 unspecified atom stereocenters. The quantitative estimate of drug-likeness (QED) is 0.380. The van der Waals surface area contributed by atoms with Crippen LogP contribution in [0.2, 0.25) is 0 Å². The largest absolute Gasteiger partial charge is 0.416 e. The number of nitrogens with one attached hydrogen (secondary N) is 2. The first-order valence-electron chi connectivity index (χ1n) is 13.3. The minimum absolute atomic E-state index is 0.0512. The molecule has 39 heavy (non-hydrogen) atoms. The topological polar surface area (TPSA) is 90.4 Å². The molecule has 2 heterocycles. The number of hydrogen-bond acceptors (Lipinski definition) is 6. The molecule has 1 aromatic heterocycles. The van der Waals surface area contributed by atoms with Gasteiger partial charge in [0.1, 0.15) is 12.1 Å². The zero-order valence-corrected chi connectivity index (χ0v) is 21.9. The van der Waals surface area contributed by atoms with E-state index in [0.29, 0.717) is 36.3 Å². The van der Waals surface area contributed by atoms with Gasteiger partial charge in [0.25, 0.3) is 0 Å². The van der Waals surface area contributed by atoms with Gasteiger partial charge in [-0.2, -0.15) is 13.2 Å². The van der Waals surface area contributed by atoms with E-state index < -0.39 is 23.9 Å². The average molecular weight is 540 g/mol. The fourth-order valence-corrected chi connectivity index (χ4v) is 5.55. The molecular formula is C29H32F3N5O2. The Bertz CT molecular complexity index is 1360. The molecule has 2 atom stereocenters. The van der Waals surface area contributed by atoms with Gasteiger partial charge in [0, 0.05) is 29.8 Å². The number of aromatic nitrogens is 2. The molecule has 2 aromatic carbocycles. The Hall–Kier alpha value is -3.50. The molecule has 1 saturated heterocycles. The minimum Gasteiger partial charge on any atom is -0.393 e. The highest BCUT2D eigenvalue weighted by Crippen LogP contribution is 2.37. The van der Waals surface area contributed by atoms with E-state index in [4.69, 9.17) is 0 Å². The van der Waals surface area contributed by atoms with Crippen molar-refractivity contribution in [1.82, 2.24) is 14.9 Å². The van der Waals surface area contributed by atoms with E-state index in [-0.39, 0.29) is 17.6 Å². The number of benzene rings is 2. The summed E-state index contributed by atoms with van der Waals surface area (Å²) in [4.78, 5) is 23.9. The van der Waals surface area contributed by atoms with Crippen LogP contribution in [-0.2, 0) is 23.8 Å². The first-order valence-corrected chi connectivity index (χ1v) is 13.3. The highest BCUT2D eigenvalue weighted by molar-refractivity contribution is 5.98. The number of amides is 1. The van der Waals surface area contributed by atoms with Crippen LogP contribution in [0, 0.1) is 0 Å². The van der Waals surface area contributed by atoms with Gasteiger partial charge in [-0.15, -0.1) is 0 Å². The fourth-order valence-electron chi connectivity index (χ4n) is 5.55. The number of aliphatic hydroxyl groups excluding tert-OH is 1. The lowest BCUT2D eigenvalue weighted by Crippen LogP contribution is -2.43. The van der Waals surface area contributed by atoms with E-state index in [1.165, 1.54) is 12.4 Å². The lowest BCUT2D eigenvalue weighted by molar-refractivity contribution is -0.137. The standard InChI is InChI=1S/C29H32F3N5O2/c1-17(2)37-12-4-7-26(37)28(39)36-25-13-19(29(30,31)32)9-11-21(25)24-15-27(34-16-33-24)35-23-6-3-5-18-8-10-20(38)14-22(18)23/h3,5-6,9,11,13,15-17,20,26,38H,4,7-8,10,12,14H2,1-2H3,(H,36,39)(H,33,34,35)/t20-,26+/m1/s1. The van der Waals surface area contributed by atoms with Gasteiger partial charge in [-0.25, -0.2) is 9.97 Å². The van der Waals surface area contributed by atoms with Crippen LogP contribution < -0.4 is 10.6 Å². The van der Waals surface area contributed by atoms with Crippen LogP contribution in [0.25, 0.3) is 11.3 Å². The van der Waals surface area contributed by atoms with Crippen LogP contribution in [0.3, 0.4) is 0 Å². The molecule has 0 spiro atoms. The lowest BCUT2D eigenvalue weighted by atomic mass is 9.88. The van der Waals surface area contributed by atoms with Crippen LogP contribution in [-0.4, -0.2) is 50.6 Å². The van der Waals surface area contributed by atoms with E-state index in [2.05, 4.69) is 25.5 Å². The molecule has 1 aliphatic carbocycles. The number of alkyl halides is 3. The van der Waals surface area contributed by atoms with Crippen LogP contribution >= 0.6 is 0 Å². The number of nitrogens with zero attached hydrogens (tertiary/aromatic N) is 3. The van der Waals surface area contributed by atoms with Crippen molar-refractivity contribution < 1.29 is 23.1 Å². The second kappa shape index (κ2) is 10.9. The number of aryl methyl sites for hydroxylation is 1. The monoisotopic (exact) mass is 539 g/mol. The van der Waals surface area contributed by atoms with Gasteiger partial charge in [-0.05, 0) is 75.4 Å². The number of rotatable bonds is 6. The molecule has 3 N–H and O–H groups in total. The summed E-state index contributed by atoms with van der Waals surface area (Å²) >= 11 is 0. The average Bonchev–Trinajstić information content (AvgIpc) is 3.40. The van der Waals surface area contributed by atoms with Crippen molar-refractivity contribution in [2.75, 3.05) is 17.2 Å². The predicted octanol–water partition coefficient (Wildman–Crippen LogP) is 5.57. The maximum atomic E-state index is 13.6. The minimum atomic E-state index is -4.56. The van der Waals surface area contributed by atoms with Crippen molar-refractivity contribution >= 4 is 23.1 Å². The SMILES string of the molecule is CC(C)N1CCC[C@H]1C(=O)Nc1cc(C(F)(F)F)ccc1-c1cc(Nc2cccc3c2C[C@H](O)CC3)ncn1. The van der Waals surface area contributed by atoms with E-state index in [0.717, 1.165) is 48.3 Å². The van der Waals surface area contributed by atoms with Crippen molar-refractivity contribution in [1.29, 1.82) is 0 Å². The van der Waals surface area contributed by atoms with E-state index in [9.17, 15) is 23.1 Å². The highest BCUT2D eigenvalue weighted by Gasteiger charge is 2.34. The van der Waals surface area contributed by atoms with Crippen LogP contribution in [0.1, 0.15) is 49.8 Å². The third kappa shape index (κ3) is 5.91. The van der Waals surface area contributed by atoms with Gasteiger partial charge >= 0.3 is 6.18 Å². The summed E-state index contributed by atoms with van der Waals surface area (Å²) in [6.45, 7) is 4.77. The van der Waals surface area contributed by atoms with Crippen molar-refractivity contribution in [2.45, 2.75) is 70.3 Å². The zero-order chi connectivity index (χ0) is 27.7. The summed E-state index contributed by atoms with van der Waals surface area (Å²) in [6, 6.07) is 10.6. The molecule has 5 rings (SSSR count). The van der Waals surface area contributed by atoms with E-state index in [1.54, 1.807) is 6.07 Å². The number of anilines is 3. The van der Waals surface area contributed by atoms with Crippen molar-refractivity contribution in [3.63, 3.8) is 0 Å². The van der Waals surface area contributed by atoms with Crippen molar-refractivity contribution in [2.24, 2.45) is 0 Å². The second-order valence-corrected chi connectivity index (χ2v) is 10.5. The summed E-state index contributed by atoms with van der Waals surface area (Å²) in [5, 5.41) is 16.2. The molecule has 1 fully saturated rings. The van der Waals surface area contributed by atoms with Gasteiger partial charge in [0.2, 0.25) is 5.91 Å². The van der Waals surface area contributed by atoms with E-state index in [1.807, 2.05) is 32.0 Å². The van der Waals surface area contributed by atoms with Crippen molar-refractivity contribution in [3.8, 4) is 11.3 Å². The molecule has 10 heteroatoms. The third-order valence-corrected chi connectivity index (χ3v) is 7.53. The smallest absolute Gasteiger partial charge is 0.393 e. The Morgan fingerprint density at radius 1 is 1.10 bits per heavy atom. The maximum absolute atomic E-state index is 13.6. The van der Waals surface area contributed by atoms with Crippen molar-refractivity contribution in [3.05, 3.63) is 65.5 Å². The van der Waals surface area contributed by atoms with E-state index >= 15 is 0 Å². The number of fused-ring (bicyclic) bond motifs is 1. The predicted molar refractivity (Wildman–Crippen MR) is 144 cm³/mol. The third-order valence-electron chi connectivity index (χ3n) is 7.53. The number of aliphatic hydroxyl groups is 1. The maximum Gasteiger partial charge on any atom is 0.416 e. The second-order valence-electron chi connectivity index (χ2n) is 10.5. The Kier molecular flexibility index (Phi) is 7.59. The number of carbonyl (C=O) groups is 1. The van der Waals surface area contributed by atoms with Gasteiger partial charge in [0.05, 0.1) is 29.1 Å². The first kappa shape index (κ1) is 27.1. The summed E-state index contributed by atoms with van der Waals surface area (Å²) in [7, 11) is 0. The summed E-state index contributed by atoms with van der Waals surface area (Å²) in [5.74, 6) is 0.121. The molecule has 1 aliphatic heterocycles. The fraction of sp³-hybridized carbons (Fsp3) is 0.414. The molecule has 2 aliphatic rings. The Balaban J connectivity index is 1.47.